The number of carbonyl (C=O) groups excluding carboxylic acids is 4. The van der Waals surface area contributed by atoms with E-state index in [0.29, 0.717) is 59.0 Å². The second-order valence-electron chi connectivity index (χ2n) is 11.4. The fourth-order valence-corrected chi connectivity index (χ4v) is 4.03. The first-order chi connectivity index (χ1) is 22.2. The van der Waals surface area contributed by atoms with E-state index in [-0.39, 0.29) is 42.6 Å². The Hall–Kier alpha value is -3.11. The average Bonchev–Trinajstić information content (AvgIpc) is 3.02. The van der Waals surface area contributed by atoms with Crippen LogP contribution in [0.25, 0.3) is 0 Å². The van der Waals surface area contributed by atoms with E-state index < -0.39 is 35.3 Å². The summed E-state index contributed by atoms with van der Waals surface area (Å²) >= 11 is 0. The summed E-state index contributed by atoms with van der Waals surface area (Å²) in [5.41, 5.74) is 6.93. The Morgan fingerprint density at radius 3 is 1.83 bits per heavy atom. The van der Waals surface area contributed by atoms with Gasteiger partial charge in [-0.2, -0.15) is 13.2 Å². The Labute approximate surface area is 275 Å². The van der Waals surface area contributed by atoms with Crippen LogP contribution in [0.2, 0.25) is 0 Å². The van der Waals surface area contributed by atoms with Crippen molar-refractivity contribution in [3.8, 4) is 0 Å². The second kappa shape index (κ2) is 22.5. The van der Waals surface area contributed by atoms with Gasteiger partial charge in [-0.05, 0) is 43.4 Å². The molecule has 0 radical (unpaired) electrons. The first-order valence-electron chi connectivity index (χ1n) is 16.1. The summed E-state index contributed by atoms with van der Waals surface area (Å²) in [6, 6.07) is 3.21. The minimum absolute atomic E-state index is 0.00921. The molecule has 47 heavy (non-hydrogen) atoms. The maximum Gasteiger partial charge on any atom is 0.423 e. The number of benzene rings is 1. The number of ether oxygens (including phenoxy) is 3. The third kappa shape index (κ3) is 17.0. The van der Waals surface area contributed by atoms with E-state index in [1.165, 1.54) is 0 Å². The first kappa shape index (κ1) is 41.9. The molecule has 15 heteroatoms. The summed E-state index contributed by atoms with van der Waals surface area (Å²) in [6.45, 7) is 8.78. The number of nitrogens with two attached hydrogens (primary N) is 2. The van der Waals surface area contributed by atoms with Gasteiger partial charge in [-0.25, -0.2) is 0 Å². The molecule has 0 bridgehead atoms. The number of hydrogen-bond acceptors (Lipinski definition) is 9. The fraction of sp³-hybridized carbons (Fsp3) is 0.688. The SMILES string of the molecule is CCCCC(=O)NCCCOCCOCCOCCCNC(=O)C(CCC(=O)C(C)C)NC(=O)c1ccc(C(N)(N)C(F)(F)F)cc1. The molecule has 1 aromatic rings. The van der Waals surface area contributed by atoms with Crippen LogP contribution in [-0.4, -0.2) is 88.5 Å². The Kier molecular flexibility index (Phi) is 20.0. The van der Waals surface area contributed by atoms with Crippen molar-refractivity contribution in [2.75, 3.05) is 52.7 Å². The van der Waals surface area contributed by atoms with Gasteiger partial charge in [0.15, 0.2) is 5.66 Å². The normalized spacial score (nSPS) is 12.5. The highest BCUT2D eigenvalue weighted by Crippen LogP contribution is 2.32. The van der Waals surface area contributed by atoms with Crippen LogP contribution >= 0.6 is 0 Å². The van der Waals surface area contributed by atoms with Gasteiger partial charge in [0.05, 0.1) is 26.4 Å². The largest absolute Gasteiger partial charge is 0.423 e. The van der Waals surface area contributed by atoms with Crippen molar-refractivity contribution in [2.45, 2.75) is 83.6 Å². The van der Waals surface area contributed by atoms with Crippen LogP contribution in [0, 0.1) is 5.92 Å². The maximum atomic E-state index is 13.1. The van der Waals surface area contributed by atoms with E-state index in [1.807, 2.05) is 6.92 Å². The quantitative estimate of drug-likeness (QED) is 0.0768. The molecule has 268 valence electrons. The molecule has 0 aliphatic heterocycles. The minimum atomic E-state index is -4.91. The number of unbranched alkanes of at least 4 members (excludes halogenated alkanes) is 1. The predicted octanol–water partition coefficient (Wildman–Crippen LogP) is 2.68. The zero-order valence-corrected chi connectivity index (χ0v) is 27.7. The van der Waals surface area contributed by atoms with Crippen molar-refractivity contribution in [1.29, 1.82) is 0 Å². The molecule has 1 unspecified atom stereocenters. The molecule has 3 amide bonds. The van der Waals surface area contributed by atoms with Crippen molar-refractivity contribution < 1.29 is 46.6 Å². The van der Waals surface area contributed by atoms with Crippen molar-refractivity contribution in [3.05, 3.63) is 35.4 Å². The number of Topliss-reactive ketones (excluding diaryl/α,β-unsaturated/α-hetero) is 1. The molecule has 0 saturated carbocycles. The average molecular weight is 676 g/mol. The molecule has 0 saturated heterocycles. The third-order valence-corrected chi connectivity index (χ3v) is 7.09. The second-order valence-corrected chi connectivity index (χ2v) is 11.4. The monoisotopic (exact) mass is 675 g/mol. The lowest BCUT2D eigenvalue weighted by Gasteiger charge is -2.27. The van der Waals surface area contributed by atoms with E-state index in [9.17, 15) is 32.3 Å². The molecular formula is C32H52F3N5O7. The van der Waals surface area contributed by atoms with E-state index in [4.69, 9.17) is 25.7 Å². The van der Waals surface area contributed by atoms with Crippen LogP contribution in [0.4, 0.5) is 13.2 Å². The number of hydrogen-bond donors (Lipinski definition) is 5. The lowest BCUT2D eigenvalue weighted by atomic mass is 9.98. The number of rotatable bonds is 25. The van der Waals surface area contributed by atoms with Crippen LogP contribution in [0.5, 0.6) is 0 Å². The van der Waals surface area contributed by atoms with Gasteiger partial charge in [0.2, 0.25) is 11.8 Å². The minimum Gasteiger partial charge on any atom is -0.379 e. The van der Waals surface area contributed by atoms with Gasteiger partial charge in [0, 0.05) is 50.6 Å². The summed E-state index contributed by atoms with van der Waals surface area (Å²) < 4.78 is 55.9. The zero-order chi connectivity index (χ0) is 35.3. The molecule has 7 N–H and O–H groups in total. The lowest BCUT2D eigenvalue weighted by Crippen LogP contribution is -2.57. The van der Waals surface area contributed by atoms with Gasteiger partial charge in [0.1, 0.15) is 11.8 Å². The molecule has 0 aliphatic rings. The summed E-state index contributed by atoms with van der Waals surface area (Å²) in [7, 11) is 0. The molecule has 0 fully saturated rings. The number of ketones is 1. The zero-order valence-electron chi connectivity index (χ0n) is 27.7. The molecular weight excluding hydrogens is 623 g/mol. The molecule has 0 aromatic heterocycles. The van der Waals surface area contributed by atoms with Crippen LogP contribution in [0.3, 0.4) is 0 Å². The summed E-state index contributed by atoms with van der Waals surface area (Å²) in [4.78, 5) is 49.4. The standard InChI is InChI=1S/C32H52F3N5O7/c1-4-5-8-28(42)38-15-6-17-45-19-21-47-22-20-46-18-7-16-39-30(44)26(13-14-27(41)23(2)3)40-29(43)24-9-11-25(12-10-24)31(36,37)32(33,34)35/h9-12,23,26H,4-8,13-22,36-37H2,1-3H3,(H,38,42)(H,39,44)(H,40,43). The number of alkyl halides is 3. The van der Waals surface area contributed by atoms with Gasteiger partial charge < -0.3 is 41.6 Å². The number of nitrogens with one attached hydrogen (secondary N) is 3. The van der Waals surface area contributed by atoms with E-state index >= 15 is 0 Å². The Morgan fingerprint density at radius 2 is 1.32 bits per heavy atom. The predicted molar refractivity (Wildman–Crippen MR) is 170 cm³/mol. The van der Waals surface area contributed by atoms with Crippen LogP contribution in [0.15, 0.2) is 24.3 Å². The fourth-order valence-electron chi connectivity index (χ4n) is 4.03. The number of halogens is 3. The Bertz CT molecular complexity index is 1090. The molecule has 1 atom stereocenters. The Balaban J connectivity index is 2.36. The topological polar surface area (TPSA) is 184 Å². The molecule has 12 nitrogen and oxygen atoms in total. The highest BCUT2D eigenvalue weighted by Gasteiger charge is 2.50. The van der Waals surface area contributed by atoms with Gasteiger partial charge in [0.25, 0.3) is 5.91 Å². The summed E-state index contributed by atoms with van der Waals surface area (Å²) in [6.07, 6.45) is -1.17. The Morgan fingerprint density at radius 1 is 0.787 bits per heavy atom. The van der Waals surface area contributed by atoms with Crippen LogP contribution in [0.1, 0.15) is 81.6 Å². The van der Waals surface area contributed by atoms with Gasteiger partial charge >= 0.3 is 6.18 Å². The summed E-state index contributed by atoms with van der Waals surface area (Å²) in [5.74, 6) is -1.48. The highest BCUT2D eigenvalue weighted by atomic mass is 19.4. The molecule has 0 aliphatic carbocycles. The number of carbonyl (C=O) groups is 4. The molecule has 0 spiro atoms. The number of amides is 3. The highest BCUT2D eigenvalue weighted by molar-refractivity contribution is 5.97. The van der Waals surface area contributed by atoms with Crippen LogP contribution in [-0.2, 0) is 34.3 Å². The van der Waals surface area contributed by atoms with Gasteiger partial charge in [-0.15, -0.1) is 0 Å². The van der Waals surface area contributed by atoms with Gasteiger partial charge in [-0.1, -0.05) is 39.3 Å². The van der Waals surface area contributed by atoms with Crippen molar-refractivity contribution in [2.24, 2.45) is 17.4 Å². The molecule has 0 heterocycles. The molecule has 1 rings (SSSR count). The van der Waals surface area contributed by atoms with E-state index in [2.05, 4.69) is 16.0 Å². The van der Waals surface area contributed by atoms with Gasteiger partial charge in [-0.3, -0.25) is 19.2 Å². The van der Waals surface area contributed by atoms with E-state index in [0.717, 1.165) is 43.5 Å². The van der Waals surface area contributed by atoms with Crippen molar-refractivity contribution >= 4 is 23.5 Å². The van der Waals surface area contributed by atoms with Crippen molar-refractivity contribution in [3.63, 3.8) is 0 Å². The summed E-state index contributed by atoms with van der Waals surface area (Å²) in [5, 5.41) is 8.14. The third-order valence-electron chi connectivity index (χ3n) is 7.09. The lowest BCUT2D eigenvalue weighted by molar-refractivity contribution is -0.188. The maximum absolute atomic E-state index is 13.1. The van der Waals surface area contributed by atoms with Crippen molar-refractivity contribution in [1.82, 2.24) is 16.0 Å². The van der Waals surface area contributed by atoms with E-state index in [1.54, 1.807) is 13.8 Å². The first-order valence-corrected chi connectivity index (χ1v) is 16.1. The smallest absolute Gasteiger partial charge is 0.379 e. The molecule has 1 aromatic carbocycles. The van der Waals surface area contributed by atoms with Crippen LogP contribution < -0.4 is 27.4 Å².